The van der Waals surface area contributed by atoms with Crippen LogP contribution in [0.4, 0.5) is 0 Å². The number of hydrogen-bond donors (Lipinski definition) is 2. The molecule has 120 valence electrons. The van der Waals surface area contributed by atoms with Crippen molar-refractivity contribution in [3.05, 3.63) is 53.3 Å². The lowest BCUT2D eigenvalue weighted by Gasteiger charge is -2.36. The normalized spacial score (nSPS) is 16.7. The first kappa shape index (κ1) is 15.3. The number of aromatic amines is 1. The Bertz CT molecular complexity index is 696. The number of hydrogen-bond acceptors (Lipinski definition) is 3. The number of fused-ring (bicyclic) bond motifs is 1. The molecule has 1 aromatic carbocycles. The van der Waals surface area contributed by atoms with E-state index in [4.69, 9.17) is 0 Å². The smallest absolute Gasteiger partial charge is 0.222 e. The van der Waals surface area contributed by atoms with E-state index in [-0.39, 0.29) is 24.3 Å². The van der Waals surface area contributed by atoms with Gasteiger partial charge in [0, 0.05) is 19.7 Å². The third kappa shape index (κ3) is 3.41. The minimum absolute atomic E-state index is 0.00544. The van der Waals surface area contributed by atoms with E-state index in [0.717, 1.165) is 17.7 Å². The van der Waals surface area contributed by atoms with Gasteiger partial charge in [-0.1, -0.05) is 24.3 Å². The van der Waals surface area contributed by atoms with Gasteiger partial charge >= 0.3 is 0 Å². The van der Waals surface area contributed by atoms with Crippen molar-refractivity contribution in [2.75, 3.05) is 6.54 Å². The Morgan fingerprint density at radius 1 is 1.35 bits per heavy atom. The van der Waals surface area contributed by atoms with E-state index in [0.29, 0.717) is 13.1 Å². The van der Waals surface area contributed by atoms with Crippen molar-refractivity contribution in [2.24, 2.45) is 0 Å². The zero-order valence-corrected chi connectivity index (χ0v) is 13.1. The van der Waals surface area contributed by atoms with Crippen LogP contribution in [0, 0.1) is 0 Å². The Morgan fingerprint density at radius 3 is 2.91 bits per heavy atom. The maximum absolute atomic E-state index is 12.3. The fourth-order valence-corrected chi connectivity index (χ4v) is 3.07. The third-order valence-electron chi connectivity index (χ3n) is 4.23. The van der Waals surface area contributed by atoms with Gasteiger partial charge in [0.1, 0.15) is 0 Å². The summed E-state index contributed by atoms with van der Waals surface area (Å²) < 4.78 is 0. The van der Waals surface area contributed by atoms with Crippen molar-refractivity contribution < 1.29 is 9.59 Å². The first-order valence-corrected chi connectivity index (χ1v) is 7.75. The van der Waals surface area contributed by atoms with Crippen LogP contribution in [0.25, 0.3) is 0 Å². The maximum Gasteiger partial charge on any atom is 0.222 e. The molecule has 0 fully saturated rings. The molecule has 0 radical (unpaired) electrons. The Morgan fingerprint density at radius 2 is 2.17 bits per heavy atom. The van der Waals surface area contributed by atoms with Crippen molar-refractivity contribution in [1.82, 2.24) is 20.4 Å². The van der Waals surface area contributed by atoms with Gasteiger partial charge in [0.25, 0.3) is 0 Å². The molecule has 2 amide bonds. The summed E-state index contributed by atoms with van der Waals surface area (Å²) in [7, 11) is 0. The van der Waals surface area contributed by atoms with Gasteiger partial charge < -0.3 is 10.2 Å². The Hall–Kier alpha value is -2.63. The van der Waals surface area contributed by atoms with E-state index in [9.17, 15) is 9.59 Å². The maximum atomic E-state index is 12.3. The number of H-pyrrole nitrogens is 1. The molecule has 2 N–H and O–H groups in total. The molecular formula is C17H20N4O2. The van der Waals surface area contributed by atoms with E-state index in [1.807, 2.05) is 24.3 Å². The van der Waals surface area contributed by atoms with Crippen molar-refractivity contribution in [3.8, 4) is 0 Å². The number of amides is 2. The molecule has 0 saturated heterocycles. The van der Waals surface area contributed by atoms with Gasteiger partial charge in [0.05, 0.1) is 24.7 Å². The number of nitrogens with one attached hydrogen (secondary N) is 2. The standard InChI is InChI=1S/C17H20N4O2/c1-12(22)21-9-7-13-4-2-3-5-15(13)16(21)10-17(23)18-11-14-6-8-19-20-14/h2-6,8,16H,7,9-11H2,1H3,(H,18,23)(H,19,20). The monoisotopic (exact) mass is 312 g/mol. The molecule has 1 unspecified atom stereocenters. The quantitative estimate of drug-likeness (QED) is 0.899. The molecule has 6 nitrogen and oxygen atoms in total. The highest BCUT2D eigenvalue weighted by Crippen LogP contribution is 2.32. The molecule has 2 heterocycles. The lowest BCUT2D eigenvalue weighted by molar-refractivity contribution is -0.133. The van der Waals surface area contributed by atoms with Crippen LogP contribution in [-0.4, -0.2) is 33.5 Å². The minimum Gasteiger partial charge on any atom is -0.350 e. The molecule has 2 aromatic rings. The van der Waals surface area contributed by atoms with Crippen LogP contribution in [0.2, 0.25) is 0 Å². The summed E-state index contributed by atoms with van der Waals surface area (Å²) in [4.78, 5) is 26.0. The molecular weight excluding hydrogens is 292 g/mol. The van der Waals surface area contributed by atoms with Crippen LogP contribution in [0.3, 0.4) is 0 Å². The number of carbonyl (C=O) groups excluding carboxylic acids is 2. The van der Waals surface area contributed by atoms with E-state index in [1.165, 1.54) is 5.56 Å². The molecule has 3 rings (SSSR count). The van der Waals surface area contributed by atoms with Crippen LogP contribution in [-0.2, 0) is 22.6 Å². The predicted octanol–water partition coefficient (Wildman–Crippen LogP) is 1.56. The van der Waals surface area contributed by atoms with Gasteiger partial charge in [-0.25, -0.2) is 0 Å². The number of benzene rings is 1. The fraction of sp³-hybridized carbons (Fsp3) is 0.353. The van der Waals surface area contributed by atoms with Gasteiger partial charge in [-0.05, 0) is 23.6 Å². The number of rotatable bonds is 4. The summed E-state index contributed by atoms with van der Waals surface area (Å²) in [5, 5.41) is 9.54. The zero-order chi connectivity index (χ0) is 16.2. The van der Waals surface area contributed by atoms with E-state index >= 15 is 0 Å². The molecule has 6 heteroatoms. The van der Waals surface area contributed by atoms with Crippen molar-refractivity contribution in [2.45, 2.75) is 32.4 Å². The van der Waals surface area contributed by atoms with Crippen LogP contribution >= 0.6 is 0 Å². The van der Waals surface area contributed by atoms with Gasteiger partial charge in [0.2, 0.25) is 11.8 Å². The van der Waals surface area contributed by atoms with Crippen molar-refractivity contribution >= 4 is 11.8 Å². The van der Waals surface area contributed by atoms with Gasteiger partial charge in [-0.2, -0.15) is 5.10 Å². The minimum atomic E-state index is -0.195. The summed E-state index contributed by atoms with van der Waals surface area (Å²) in [6.45, 7) is 2.63. The predicted molar refractivity (Wildman–Crippen MR) is 85.3 cm³/mol. The Labute approximate surface area is 134 Å². The lowest BCUT2D eigenvalue weighted by Crippen LogP contribution is -2.41. The summed E-state index contributed by atoms with van der Waals surface area (Å²) >= 11 is 0. The number of nitrogens with zero attached hydrogens (tertiary/aromatic N) is 2. The van der Waals surface area contributed by atoms with E-state index < -0.39 is 0 Å². The Balaban J connectivity index is 1.72. The zero-order valence-electron chi connectivity index (χ0n) is 13.1. The highest BCUT2D eigenvalue weighted by molar-refractivity contribution is 5.79. The summed E-state index contributed by atoms with van der Waals surface area (Å²) in [6.07, 6.45) is 2.75. The highest BCUT2D eigenvalue weighted by atomic mass is 16.2. The van der Waals surface area contributed by atoms with Crippen molar-refractivity contribution in [1.29, 1.82) is 0 Å². The summed E-state index contributed by atoms with van der Waals surface area (Å²) in [5.74, 6) is -0.0709. The SMILES string of the molecule is CC(=O)N1CCc2ccccc2C1CC(=O)NCc1ccn[nH]1. The molecule has 0 spiro atoms. The third-order valence-corrected chi connectivity index (χ3v) is 4.23. The lowest BCUT2D eigenvalue weighted by atomic mass is 9.90. The second kappa shape index (κ2) is 6.64. The largest absolute Gasteiger partial charge is 0.350 e. The van der Waals surface area contributed by atoms with Crippen LogP contribution < -0.4 is 5.32 Å². The van der Waals surface area contributed by atoms with Gasteiger partial charge in [-0.15, -0.1) is 0 Å². The molecule has 0 bridgehead atoms. The first-order valence-electron chi connectivity index (χ1n) is 7.75. The number of carbonyl (C=O) groups is 2. The second-order valence-corrected chi connectivity index (χ2v) is 5.74. The first-order chi connectivity index (χ1) is 11.1. The topological polar surface area (TPSA) is 78.1 Å². The van der Waals surface area contributed by atoms with Crippen LogP contribution in [0.5, 0.6) is 0 Å². The average molecular weight is 312 g/mol. The summed E-state index contributed by atoms with van der Waals surface area (Å²) in [6, 6.07) is 9.66. The molecule has 1 aliphatic heterocycles. The molecule has 23 heavy (non-hydrogen) atoms. The van der Waals surface area contributed by atoms with Crippen molar-refractivity contribution in [3.63, 3.8) is 0 Å². The Kier molecular flexibility index (Phi) is 4.41. The molecule has 1 aromatic heterocycles. The fourth-order valence-electron chi connectivity index (χ4n) is 3.07. The van der Waals surface area contributed by atoms with Crippen LogP contribution in [0.1, 0.15) is 36.2 Å². The van der Waals surface area contributed by atoms with E-state index in [1.54, 1.807) is 18.0 Å². The van der Waals surface area contributed by atoms with E-state index in [2.05, 4.69) is 21.6 Å². The second-order valence-electron chi connectivity index (χ2n) is 5.74. The van der Waals surface area contributed by atoms with Gasteiger partial charge in [-0.3, -0.25) is 14.7 Å². The number of aromatic nitrogens is 2. The van der Waals surface area contributed by atoms with Crippen LogP contribution in [0.15, 0.2) is 36.5 Å². The summed E-state index contributed by atoms with van der Waals surface area (Å²) in [5.41, 5.74) is 3.15. The molecule has 1 atom stereocenters. The highest BCUT2D eigenvalue weighted by Gasteiger charge is 2.30. The molecule has 1 aliphatic rings. The van der Waals surface area contributed by atoms with Gasteiger partial charge in [0.15, 0.2) is 0 Å². The molecule has 0 saturated carbocycles. The molecule has 0 aliphatic carbocycles. The average Bonchev–Trinajstić information content (AvgIpc) is 3.06.